The molecule has 1 fully saturated rings. The molecule has 4 heteroatoms. The molecule has 2 aromatic carbocycles. The number of carbonyl (C=O) groups is 1. The van der Waals surface area contributed by atoms with Gasteiger partial charge in [0.2, 0.25) is 0 Å². The molecule has 0 N–H and O–H groups in total. The molecular weight excluding hydrogens is 336 g/mol. The molecule has 27 heavy (non-hydrogen) atoms. The second kappa shape index (κ2) is 8.37. The van der Waals surface area contributed by atoms with Crippen LogP contribution in [0, 0.1) is 18.3 Å². The lowest BCUT2D eigenvalue weighted by Gasteiger charge is -2.43. The van der Waals surface area contributed by atoms with Gasteiger partial charge in [-0.2, -0.15) is 5.26 Å². The lowest BCUT2D eigenvalue weighted by Crippen LogP contribution is -2.50. The molecule has 0 unspecified atom stereocenters. The van der Waals surface area contributed by atoms with Gasteiger partial charge in [0, 0.05) is 26.1 Å². The largest absolute Gasteiger partial charge is 0.464 e. The summed E-state index contributed by atoms with van der Waals surface area (Å²) in [7, 11) is 0. The number of benzene rings is 2. The molecule has 0 saturated carbocycles. The fourth-order valence-electron chi connectivity index (χ4n) is 3.85. The van der Waals surface area contributed by atoms with Crippen LogP contribution in [0.15, 0.2) is 54.6 Å². The van der Waals surface area contributed by atoms with Gasteiger partial charge in [-0.25, -0.2) is 0 Å². The average Bonchev–Trinajstić information content (AvgIpc) is 2.69. The highest BCUT2D eigenvalue weighted by atomic mass is 16.5. The monoisotopic (exact) mass is 362 g/mol. The summed E-state index contributed by atoms with van der Waals surface area (Å²) in [4.78, 5) is 13.7. The Balaban J connectivity index is 1.82. The first kappa shape index (κ1) is 19.1. The normalized spacial score (nSPS) is 22.8. The molecule has 0 amide bonds. The van der Waals surface area contributed by atoms with E-state index in [4.69, 9.17) is 4.74 Å². The maximum absolute atomic E-state index is 11.4. The van der Waals surface area contributed by atoms with Gasteiger partial charge in [0.25, 0.3) is 0 Å². The Morgan fingerprint density at radius 2 is 1.93 bits per heavy atom. The van der Waals surface area contributed by atoms with Crippen LogP contribution in [0.25, 0.3) is 0 Å². The van der Waals surface area contributed by atoms with E-state index in [0.717, 1.165) is 25.1 Å². The smallest absolute Gasteiger partial charge is 0.302 e. The molecule has 2 aromatic rings. The third kappa shape index (κ3) is 4.56. The average molecular weight is 362 g/mol. The molecule has 140 valence electrons. The molecule has 2 atom stereocenters. The summed E-state index contributed by atoms with van der Waals surface area (Å²) >= 11 is 0. The summed E-state index contributed by atoms with van der Waals surface area (Å²) in [5, 5.41) is 10.0. The number of rotatable bonds is 5. The van der Waals surface area contributed by atoms with Crippen LogP contribution in [0.5, 0.6) is 0 Å². The molecule has 0 aromatic heterocycles. The van der Waals surface area contributed by atoms with E-state index < -0.39 is 5.41 Å². The number of esters is 1. The van der Waals surface area contributed by atoms with Gasteiger partial charge in [-0.1, -0.05) is 60.2 Å². The second-order valence-electron chi connectivity index (χ2n) is 7.43. The zero-order valence-corrected chi connectivity index (χ0v) is 16.0. The third-order valence-corrected chi connectivity index (χ3v) is 5.45. The first-order valence-corrected chi connectivity index (χ1v) is 9.42. The summed E-state index contributed by atoms with van der Waals surface area (Å²) in [6, 6.07) is 21.1. The van der Waals surface area contributed by atoms with Crippen molar-refractivity contribution in [2.24, 2.45) is 0 Å². The van der Waals surface area contributed by atoms with Crippen molar-refractivity contribution >= 4 is 5.97 Å². The van der Waals surface area contributed by atoms with E-state index in [-0.39, 0.29) is 12.0 Å². The molecule has 1 aliphatic rings. The van der Waals surface area contributed by atoms with Gasteiger partial charge in [0.05, 0.1) is 11.5 Å². The van der Waals surface area contributed by atoms with E-state index in [1.807, 2.05) is 30.3 Å². The van der Waals surface area contributed by atoms with Crippen molar-refractivity contribution in [2.75, 3.05) is 13.2 Å². The van der Waals surface area contributed by atoms with Crippen LogP contribution < -0.4 is 0 Å². The maximum Gasteiger partial charge on any atom is 0.302 e. The first-order chi connectivity index (χ1) is 13.0. The Bertz CT molecular complexity index is 811. The Morgan fingerprint density at radius 1 is 1.22 bits per heavy atom. The highest BCUT2D eigenvalue weighted by molar-refractivity contribution is 5.65. The topological polar surface area (TPSA) is 53.3 Å². The molecule has 3 rings (SSSR count). The molecule has 1 aliphatic heterocycles. The number of hydrogen-bond donors (Lipinski definition) is 0. The van der Waals surface area contributed by atoms with E-state index in [1.54, 1.807) is 0 Å². The minimum atomic E-state index is -0.532. The van der Waals surface area contributed by atoms with Crippen LogP contribution in [0.1, 0.15) is 36.5 Å². The highest BCUT2D eigenvalue weighted by Crippen LogP contribution is 2.38. The van der Waals surface area contributed by atoms with Gasteiger partial charge in [0.1, 0.15) is 6.61 Å². The van der Waals surface area contributed by atoms with Crippen molar-refractivity contribution in [1.29, 1.82) is 5.26 Å². The predicted molar refractivity (Wildman–Crippen MR) is 105 cm³/mol. The summed E-state index contributed by atoms with van der Waals surface area (Å²) in [6.07, 6.45) is 1.43. The second-order valence-corrected chi connectivity index (χ2v) is 7.43. The number of piperidine rings is 1. The molecule has 0 aliphatic carbocycles. The zero-order valence-electron chi connectivity index (χ0n) is 16.0. The lowest BCUT2D eigenvalue weighted by molar-refractivity contribution is -0.143. The van der Waals surface area contributed by atoms with Crippen LogP contribution in [-0.4, -0.2) is 30.1 Å². The fourth-order valence-corrected chi connectivity index (χ4v) is 3.85. The summed E-state index contributed by atoms with van der Waals surface area (Å²) in [5.41, 5.74) is 2.99. The third-order valence-electron chi connectivity index (χ3n) is 5.45. The van der Waals surface area contributed by atoms with Crippen LogP contribution in [-0.2, 0) is 21.5 Å². The van der Waals surface area contributed by atoms with Gasteiger partial charge in [0.15, 0.2) is 0 Å². The van der Waals surface area contributed by atoms with E-state index in [1.165, 1.54) is 18.1 Å². The van der Waals surface area contributed by atoms with Crippen LogP contribution >= 0.6 is 0 Å². The van der Waals surface area contributed by atoms with Crippen molar-refractivity contribution in [3.05, 3.63) is 71.3 Å². The summed E-state index contributed by atoms with van der Waals surface area (Å²) in [6.45, 7) is 5.42. The number of carbonyl (C=O) groups excluding carboxylic acids is 1. The van der Waals surface area contributed by atoms with Crippen LogP contribution in [0.4, 0.5) is 0 Å². The van der Waals surface area contributed by atoms with Gasteiger partial charge >= 0.3 is 5.97 Å². The van der Waals surface area contributed by atoms with Crippen molar-refractivity contribution in [1.82, 2.24) is 4.90 Å². The van der Waals surface area contributed by atoms with Gasteiger partial charge in [-0.15, -0.1) is 0 Å². The highest BCUT2D eigenvalue weighted by Gasteiger charge is 2.41. The molecule has 1 heterocycles. The maximum atomic E-state index is 11.4. The van der Waals surface area contributed by atoms with Crippen molar-refractivity contribution in [3.63, 3.8) is 0 Å². The minimum Gasteiger partial charge on any atom is -0.464 e. The van der Waals surface area contributed by atoms with Gasteiger partial charge < -0.3 is 4.74 Å². The standard InChI is InChI=1S/C23H26N2O2/c1-18-8-10-20(11-9-18)15-25-13-12-23(17-24,21-6-4-3-5-7-21)14-22(25)16-27-19(2)26/h3-11,22H,12-16H2,1-2H3/t22-,23-/m1/s1. The Kier molecular flexibility index (Phi) is 5.93. The van der Waals surface area contributed by atoms with Crippen molar-refractivity contribution in [3.8, 4) is 6.07 Å². The number of nitriles is 1. The van der Waals surface area contributed by atoms with E-state index >= 15 is 0 Å². The number of nitrogens with zero attached hydrogens (tertiary/aromatic N) is 2. The Hall–Kier alpha value is -2.64. The van der Waals surface area contributed by atoms with Gasteiger partial charge in [-0.05, 0) is 30.9 Å². The number of likely N-dealkylation sites (tertiary alicyclic amines) is 1. The predicted octanol–water partition coefficient (Wildman–Crippen LogP) is 3.98. The Morgan fingerprint density at radius 3 is 2.56 bits per heavy atom. The van der Waals surface area contributed by atoms with Crippen molar-refractivity contribution in [2.45, 2.75) is 44.7 Å². The van der Waals surface area contributed by atoms with Crippen LogP contribution in [0.3, 0.4) is 0 Å². The molecule has 0 spiro atoms. The minimum absolute atomic E-state index is 0.0174. The summed E-state index contributed by atoms with van der Waals surface area (Å²) in [5.74, 6) is -0.280. The Labute approximate surface area is 161 Å². The quantitative estimate of drug-likeness (QED) is 0.755. The number of ether oxygens (including phenoxy) is 1. The van der Waals surface area contributed by atoms with E-state index in [2.05, 4.69) is 42.2 Å². The molecule has 0 radical (unpaired) electrons. The zero-order chi connectivity index (χ0) is 19.3. The SMILES string of the molecule is CC(=O)OC[C@H]1C[C@](C#N)(c2ccccc2)CCN1Cc1ccc(C)cc1. The lowest BCUT2D eigenvalue weighted by atomic mass is 9.71. The van der Waals surface area contributed by atoms with Crippen molar-refractivity contribution < 1.29 is 9.53 Å². The van der Waals surface area contributed by atoms with E-state index in [0.29, 0.717) is 13.0 Å². The number of aryl methyl sites for hydroxylation is 1. The fraction of sp³-hybridized carbons (Fsp3) is 0.391. The number of hydrogen-bond acceptors (Lipinski definition) is 4. The first-order valence-electron chi connectivity index (χ1n) is 9.42. The molecule has 1 saturated heterocycles. The molecular formula is C23H26N2O2. The van der Waals surface area contributed by atoms with Crippen LogP contribution in [0.2, 0.25) is 0 Å². The molecule has 0 bridgehead atoms. The molecule has 4 nitrogen and oxygen atoms in total. The van der Waals surface area contributed by atoms with E-state index in [9.17, 15) is 10.1 Å². The van der Waals surface area contributed by atoms with Gasteiger partial charge in [-0.3, -0.25) is 9.69 Å². The summed E-state index contributed by atoms with van der Waals surface area (Å²) < 4.78 is 5.35.